The zero-order valence-electron chi connectivity index (χ0n) is 13.3. The second-order valence-corrected chi connectivity index (χ2v) is 5.78. The fourth-order valence-electron chi connectivity index (χ4n) is 2.65. The molecule has 0 aliphatic carbocycles. The van der Waals surface area contributed by atoms with Gasteiger partial charge in [-0.3, -0.25) is 0 Å². The zero-order chi connectivity index (χ0) is 14.4. The summed E-state index contributed by atoms with van der Waals surface area (Å²) in [5.41, 5.74) is 3.92. The average Bonchev–Trinajstić information content (AvgIpc) is 2.34. The lowest BCUT2D eigenvalue weighted by atomic mass is 9.92. The summed E-state index contributed by atoms with van der Waals surface area (Å²) in [4.78, 5) is 0. The van der Waals surface area contributed by atoms with Crippen LogP contribution in [0.1, 0.15) is 56.3 Å². The van der Waals surface area contributed by atoms with E-state index in [9.17, 15) is 0 Å². The van der Waals surface area contributed by atoms with Crippen molar-refractivity contribution < 1.29 is 4.74 Å². The summed E-state index contributed by atoms with van der Waals surface area (Å²) in [7, 11) is 1.77. The highest BCUT2D eigenvalue weighted by molar-refractivity contribution is 5.45. The van der Waals surface area contributed by atoms with Crippen LogP contribution < -0.4 is 10.1 Å². The summed E-state index contributed by atoms with van der Waals surface area (Å²) in [6, 6.07) is 4.78. The molecule has 0 saturated heterocycles. The Bertz CT molecular complexity index is 398. The maximum atomic E-state index is 5.60. The number of hydrogen-bond acceptors (Lipinski definition) is 2. The van der Waals surface area contributed by atoms with Crippen molar-refractivity contribution in [3.05, 3.63) is 28.8 Å². The molecule has 0 aliphatic rings. The molecule has 0 saturated carbocycles. The smallest absolute Gasteiger partial charge is 0.124 e. The van der Waals surface area contributed by atoms with Crippen molar-refractivity contribution >= 4 is 0 Å². The quantitative estimate of drug-likeness (QED) is 0.787. The van der Waals surface area contributed by atoms with Gasteiger partial charge in [-0.15, -0.1) is 0 Å². The summed E-state index contributed by atoms with van der Waals surface area (Å²) in [5.74, 6) is 1.75. The molecular weight excluding hydrogens is 234 g/mol. The molecule has 1 atom stereocenters. The van der Waals surface area contributed by atoms with Crippen molar-refractivity contribution in [1.82, 2.24) is 5.32 Å². The van der Waals surface area contributed by atoms with Gasteiger partial charge in [0.15, 0.2) is 0 Å². The summed E-state index contributed by atoms with van der Waals surface area (Å²) in [6.45, 7) is 12.0. The van der Waals surface area contributed by atoms with E-state index in [4.69, 9.17) is 4.74 Å². The first kappa shape index (κ1) is 16.0. The SMILES string of the molecule is CCNC(CCC(C)C)c1c(C)cc(C)cc1OC. The van der Waals surface area contributed by atoms with E-state index in [1.54, 1.807) is 7.11 Å². The number of ether oxygens (including phenoxy) is 1. The topological polar surface area (TPSA) is 21.3 Å². The number of nitrogens with one attached hydrogen (secondary N) is 1. The molecular formula is C17H29NO. The van der Waals surface area contributed by atoms with Gasteiger partial charge >= 0.3 is 0 Å². The highest BCUT2D eigenvalue weighted by Gasteiger charge is 2.18. The van der Waals surface area contributed by atoms with Gasteiger partial charge in [-0.05, 0) is 56.3 Å². The maximum Gasteiger partial charge on any atom is 0.124 e. The van der Waals surface area contributed by atoms with Gasteiger partial charge in [0.05, 0.1) is 7.11 Å². The van der Waals surface area contributed by atoms with Crippen molar-refractivity contribution in [1.29, 1.82) is 0 Å². The van der Waals surface area contributed by atoms with E-state index in [-0.39, 0.29) is 0 Å². The van der Waals surface area contributed by atoms with Crippen molar-refractivity contribution in [3.8, 4) is 5.75 Å². The van der Waals surface area contributed by atoms with E-state index in [1.807, 2.05) is 0 Å². The van der Waals surface area contributed by atoms with E-state index >= 15 is 0 Å². The first-order valence-corrected chi connectivity index (χ1v) is 7.38. The molecule has 0 spiro atoms. The van der Waals surface area contributed by atoms with Crippen LogP contribution in [-0.4, -0.2) is 13.7 Å². The second kappa shape index (κ2) is 7.54. The lowest BCUT2D eigenvalue weighted by molar-refractivity contribution is 0.387. The van der Waals surface area contributed by atoms with Gasteiger partial charge in [-0.1, -0.05) is 26.8 Å². The van der Waals surface area contributed by atoms with Gasteiger partial charge in [0.25, 0.3) is 0 Å². The Morgan fingerprint density at radius 2 is 1.84 bits per heavy atom. The molecule has 1 rings (SSSR count). The zero-order valence-corrected chi connectivity index (χ0v) is 13.3. The highest BCUT2D eigenvalue weighted by atomic mass is 16.5. The minimum absolute atomic E-state index is 0.392. The van der Waals surface area contributed by atoms with Crippen molar-refractivity contribution in [2.45, 2.75) is 53.5 Å². The van der Waals surface area contributed by atoms with E-state index in [0.29, 0.717) is 6.04 Å². The molecule has 1 N–H and O–H groups in total. The van der Waals surface area contributed by atoms with Crippen molar-refractivity contribution in [2.75, 3.05) is 13.7 Å². The molecule has 0 aromatic heterocycles. The van der Waals surface area contributed by atoms with Crippen LogP contribution in [0, 0.1) is 19.8 Å². The molecule has 0 amide bonds. The summed E-state index contributed by atoms with van der Waals surface area (Å²) >= 11 is 0. The Labute approximate surface area is 118 Å². The van der Waals surface area contributed by atoms with E-state index in [1.165, 1.54) is 23.1 Å². The van der Waals surface area contributed by atoms with Crippen LogP contribution >= 0.6 is 0 Å². The minimum atomic E-state index is 0.392. The number of hydrogen-bond donors (Lipinski definition) is 1. The van der Waals surface area contributed by atoms with Crippen LogP contribution in [0.2, 0.25) is 0 Å². The first-order chi connectivity index (χ1) is 8.99. The fraction of sp³-hybridized carbons (Fsp3) is 0.647. The first-order valence-electron chi connectivity index (χ1n) is 7.38. The minimum Gasteiger partial charge on any atom is -0.496 e. The van der Waals surface area contributed by atoms with Crippen LogP contribution in [0.3, 0.4) is 0 Å². The molecule has 1 unspecified atom stereocenters. The van der Waals surface area contributed by atoms with Crippen LogP contribution in [-0.2, 0) is 0 Å². The molecule has 0 heterocycles. The average molecular weight is 263 g/mol. The molecule has 2 nitrogen and oxygen atoms in total. The van der Waals surface area contributed by atoms with Gasteiger partial charge < -0.3 is 10.1 Å². The van der Waals surface area contributed by atoms with Gasteiger partial charge in [-0.2, -0.15) is 0 Å². The number of rotatable bonds is 7. The normalized spacial score (nSPS) is 12.8. The number of methoxy groups -OCH3 is 1. The van der Waals surface area contributed by atoms with Gasteiger partial charge in [0, 0.05) is 11.6 Å². The molecule has 0 aliphatic heterocycles. The third kappa shape index (κ3) is 4.54. The van der Waals surface area contributed by atoms with E-state index in [0.717, 1.165) is 24.6 Å². The highest BCUT2D eigenvalue weighted by Crippen LogP contribution is 2.33. The Morgan fingerprint density at radius 1 is 1.16 bits per heavy atom. The molecule has 0 fully saturated rings. The van der Waals surface area contributed by atoms with Gasteiger partial charge in [0.1, 0.15) is 5.75 Å². The molecule has 2 heteroatoms. The van der Waals surface area contributed by atoms with Gasteiger partial charge in [-0.25, -0.2) is 0 Å². The Morgan fingerprint density at radius 3 is 2.37 bits per heavy atom. The summed E-state index contributed by atoms with van der Waals surface area (Å²) < 4.78 is 5.60. The third-order valence-corrected chi connectivity index (χ3v) is 3.54. The number of aryl methyl sites for hydroxylation is 2. The Balaban J connectivity index is 3.06. The molecule has 108 valence electrons. The number of benzene rings is 1. The summed E-state index contributed by atoms with van der Waals surface area (Å²) in [6.07, 6.45) is 2.39. The third-order valence-electron chi connectivity index (χ3n) is 3.54. The summed E-state index contributed by atoms with van der Waals surface area (Å²) in [5, 5.41) is 3.61. The second-order valence-electron chi connectivity index (χ2n) is 5.78. The Hall–Kier alpha value is -1.02. The van der Waals surface area contributed by atoms with Gasteiger partial charge in [0.2, 0.25) is 0 Å². The van der Waals surface area contributed by atoms with Crippen molar-refractivity contribution in [3.63, 3.8) is 0 Å². The van der Waals surface area contributed by atoms with Crippen LogP contribution in [0.25, 0.3) is 0 Å². The van der Waals surface area contributed by atoms with E-state index in [2.05, 4.69) is 52.1 Å². The monoisotopic (exact) mass is 263 g/mol. The molecule has 0 radical (unpaired) electrons. The largest absolute Gasteiger partial charge is 0.496 e. The van der Waals surface area contributed by atoms with Crippen LogP contribution in [0.5, 0.6) is 5.75 Å². The molecule has 1 aromatic rings. The van der Waals surface area contributed by atoms with Crippen LogP contribution in [0.15, 0.2) is 12.1 Å². The molecule has 0 bridgehead atoms. The molecule has 19 heavy (non-hydrogen) atoms. The maximum absolute atomic E-state index is 5.60. The predicted molar refractivity (Wildman–Crippen MR) is 83.0 cm³/mol. The van der Waals surface area contributed by atoms with E-state index < -0.39 is 0 Å². The molecule has 1 aromatic carbocycles. The predicted octanol–water partition coefficient (Wildman–Crippen LogP) is 4.40. The fourth-order valence-corrected chi connectivity index (χ4v) is 2.65. The van der Waals surface area contributed by atoms with Crippen LogP contribution in [0.4, 0.5) is 0 Å². The Kier molecular flexibility index (Phi) is 6.36. The standard InChI is InChI=1S/C17H29NO/c1-7-18-15(9-8-12(2)3)17-14(5)10-13(4)11-16(17)19-6/h10-12,15,18H,7-9H2,1-6H3. The lowest BCUT2D eigenvalue weighted by Crippen LogP contribution is -2.23. The van der Waals surface area contributed by atoms with Crippen molar-refractivity contribution in [2.24, 2.45) is 5.92 Å². The lowest BCUT2D eigenvalue weighted by Gasteiger charge is -2.24.